The molecule has 0 spiro atoms. The summed E-state index contributed by atoms with van der Waals surface area (Å²) in [5.41, 5.74) is 0.547. The number of benzene rings is 1. The van der Waals surface area contributed by atoms with Crippen LogP contribution in [0, 0.1) is 5.82 Å². The van der Waals surface area contributed by atoms with Crippen molar-refractivity contribution in [3.05, 3.63) is 47.8 Å². The molecule has 1 N–H and O–H groups in total. The number of carbonyl (C=O) groups is 1. The zero-order chi connectivity index (χ0) is 16.8. The summed E-state index contributed by atoms with van der Waals surface area (Å²) in [5.74, 6) is 0.548. The SMILES string of the molecule is O=C(CCc1ncn[nH]1)N1CCC[C@H](OCc2ccccc2F)C1. The maximum absolute atomic E-state index is 13.6. The smallest absolute Gasteiger partial charge is 0.223 e. The van der Waals surface area contributed by atoms with Crippen LogP contribution in [-0.4, -0.2) is 45.2 Å². The Balaban J connectivity index is 1.47. The Kier molecular flexibility index (Phi) is 5.53. The van der Waals surface area contributed by atoms with Crippen LogP contribution in [0.5, 0.6) is 0 Å². The van der Waals surface area contributed by atoms with E-state index in [0.29, 0.717) is 30.8 Å². The molecule has 1 atom stereocenters. The van der Waals surface area contributed by atoms with Crippen LogP contribution in [0.25, 0.3) is 0 Å². The van der Waals surface area contributed by atoms with Crippen molar-refractivity contribution in [1.29, 1.82) is 0 Å². The predicted molar refractivity (Wildman–Crippen MR) is 85.5 cm³/mol. The van der Waals surface area contributed by atoms with E-state index in [4.69, 9.17) is 4.74 Å². The number of ether oxygens (including phenoxy) is 1. The summed E-state index contributed by atoms with van der Waals surface area (Å²) in [6.07, 6.45) is 4.13. The van der Waals surface area contributed by atoms with E-state index in [-0.39, 0.29) is 24.4 Å². The number of carbonyl (C=O) groups excluding carboxylic acids is 1. The quantitative estimate of drug-likeness (QED) is 0.879. The maximum atomic E-state index is 13.6. The first kappa shape index (κ1) is 16.6. The van der Waals surface area contributed by atoms with Gasteiger partial charge in [-0.3, -0.25) is 9.89 Å². The minimum absolute atomic E-state index is 0.0485. The van der Waals surface area contributed by atoms with E-state index in [1.807, 2.05) is 4.90 Å². The van der Waals surface area contributed by atoms with Gasteiger partial charge in [0.1, 0.15) is 18.0 Å². The Labute approximate surface area is 140 Å². The van der Waals surface area contributed by atoms with Gasteiger partial charge in [-0.05, 0) is 18.9 Å². The van der Waals surface area contributed by atoms with E-state index in [1.54, 1.807) is 18.2 Å². The van der Waals surface area contributed by atoms with Crippen molar-refractivity contribution in [1.82, 2.24) is 20.1 Å². The summed E-state index contributed by atoms with van der Waals surface area (Å²) in [4.78, 5) is 18.2. The average molecular weight is 332 g/mol. The lowest BCUT2D eigenvalue weighted by molar-refractivity contribution is -0.135. The van der Waals surface area contributed by atoms with Crippen LogP contribution in [0.3, 0.4) is 0 Å². The first-order chi connectivity index (χ1) is 11.7. The fraction of sp³-hybridized carbons (Fsp3) is 0.471. The zero-order valence-corrected chi connectivity index (χ0v) is 13.4. The summed E-state index contributed by atoms with van der Waals surface area (Å²) in [5, 5.41) is 6.53. The molecule has 0 bridgehead atoms. The van der Waals surface area contributed by atoms with Gasteiger partial charge >= 0.3 is 0 Å². The van der Waals surface area contributed by atoms with Gasteiger partial charge in [0.2, 0.25) is 5.91 Å². The molecule has 7 heteroatoms. The highest BCUT2D eigenvalue weighted by atomic mass is 19.1. The van der Waals surface area contributed by atoms with E-state index in [0.717, 1.165) is 19.4 Å². The van der Waals surface area contributed by atoms with E-state index in [9.17, 15) is 9.18 Å². The highest BCUT2D eigenvalue weighted by molar-refractivity contribution is 5.76. The van der Waals surface area contributed by atoms with Gasteiger partial charge in [0.05, 0.1) is 12.7 Å². The van der Waals surface area contributed by atoms with Crippen molar-refractivity contribution < 1.29 is 13.9 Å². The molecule has 1 aromatic heterocycles. The molecular weight excluding hydrogens is 311 g/mol. The van der Waals surface area contributed by atoms with Crippen LogP contribution in [0.4, 0.5) is 4.39 Å². The summed E-state index contributed by atoms with van der Waals surface area (Å²) in [7, 11) is 0. The standard InChI is InChI=1S/C17H21FN4O2/c18-15-6-2-1-4-13(15)11-24-14-5-3-9-22(10-14)17(23)8-7-16-19-12-20-21-16/h1-2,4,6,12,14H,3,5,7-11H2,(H,19,20,21)/t14-/m0/s1. The number of rotatable bonds is 6. The van der Waals surface area contributed by atoms with Crippen LogP contribution in [0.2, 0.25) is 0 Å². The third-order valence-corrected chi connectivity index (χ3v) is 4.20. The van der Waals surface area contributed by atoms with Crippen molar-refractivity contribution >= 4 is 5.91 Å². The van der Waals surface area contributed by atoms with Gasteiger partial charge in [-0.1, -0.05) is 18.2 Å². The fourth-order valence-electron chi connectivity index (χ4n) is 2.86. The van der Waals surface area contributed by atoms with E-state index in [2.05, 4.69) is 15.2 Å². The number of likely N-dealkylation sites (tertiary alicyclic amines) is 1. The lowest BCUT2D eigenvalue weighted by Gasteiger charge is -2.32. The van der Waals surface area contributed by atoms with Gasteiger partial charge in [-0.2, -0.15) is 5.10 Å². The van der Waals surface area contributed by atoms with Crippen molar-refractivity contribution in [3.63, 3.8) is 0 Å². The van der Waals surface area contributed by atoms with Crippen molar-refractivity contribution in [2.24, 2.45) is 0 Å². The Morgan fingerprint density at radius 1 is 1.42 bits per heavy atom. The van der Waals surface area contributed by atoms with Crippen LogP contribution in [0.1, 0.15) is 30.7 Å². The van der Waals surface area contributed by atoms with Crippen molar-refractivity contribution in [3.8, 4) is 0 Å². The molecule has 3 rings (SSSR count). The first-order valence-electron chi connectivity index (χ1n) is 8.19. The minimum atomic E-state index is -0.256. The molecule has 1 aliphatic rings. The van der Waals surface area contributed by atoms with Crippen LogP contribution in [0.15, 0.2) is 30.6 Å². The summed E-state index contributed by atoms with van der Waals surface area (Å²) in [6, 6.07) is 6.60. The molecule has 0 saturated carbocycles. The molecule has 2 aromatic rings. The molecular formula is C17H21FN4O2. The monoisotopic (exact) mass is 332 g/mol. The number of halogens is 1. The number of hydrogen-bond donors (Lipinski definition) is 1. The Bertz CT molecular complexity index is 662. The lowest BCUT2D eigenvalue weighted by Crippen LogP contribution is -2.43. The molecule has 0 unspecified atom stereocenters. The molecule has 1 fully saturated rings. The van der Waals surface area contributed by atoms with Crippen LogP contribution < -0.4 is 0 Å². The topological polar surface area (TPSA) is 71.1 Å². The molecule has 0 radical (unpaired) electrons. The molecule has 6 nitrogen and oxygen atoms in total. The molecule has 2 heterocycles. The Hall–Kier alpha value is -2.28. The summed E-state index contributed by atoms with van der Waals surface area (Å²) in [6.45, 7) is 1.54. The molecule has 1 amide bonds. The van der Waals surface area contributed by atoms with E-state index < -0.39 is 0 Å². The number of nitrogens with zero attached hydrogens (tertiary/aromatic N) is 3. The van der Waals surface area contributed by atoms with Gasteiger partial charge in [-0.25, -0.2) is 9.37 Å². The second-order valence-electron chi connectivity index (χ2n) is 5.94. The molecule has 0 aliphatic carbocycles. The number of piperidine rings is 1. The van der Waals surface area contributed by atoms with Gasteiger partial charge < -0.3 is 9.64 Å². The maximum Gasteiger partial charge on any atom is 0.223 e. The van der Waals surface area contributed by atoms with Crippen LogP contribution in [-0.2, 0) is 22.6 Å². The molecule has 1 aliphatic heterocycles. The highest BCUT2D eigenvalue weighted by Gasteiger charge is 2.24. The van der Waals surface area contributed by atoms with E-state index >= 15 is 0 Å². The largest absolute Gasteiger partial charge is 0.372 e. The van der Waals surface area contributed by atoms with E-state index in [1.165, 1.54) is 12.4 Å². The van der Waals surface area contributed by atoms with Crippen LogP contribution >= 0.6 is 0 Å². The average Bonchev–Trinajstić information content (AvgIpc) is 3.13. The number of nitrogens with one attached hydrogen (secondary N) is 1. The number of aromatic nitrogens is 3. The molecule has 24 heavy (non-hydrogen) atoms. The minimum Gasteiger partial charge on any atom is -0.372 e. The second-order valence-corrected chi connectivity index (χ2v) is 5.94. The third-order valence-electron chi connectivity index (χ3n) is 4.20. The summed E-state index contributed by atoms with van der Waals surface area (Å²) >= 11 is 0. The Morgan fingerprint density at radius 3 is 3.08 bits per heavy atom. The summed E-state index contributed by atoms with van der Waals surface area (Å²) < 4.78 is 19.4. The lowest BCUT2D eigenvalue weighted by atomic mass is 10.1. The zero-order valence-electron chi connectivity index (χ0n) is 13.4. The van der Waals surface area contributed by atoms with Gasteiger partial charge in [0, 0.05) is 31.5 Å². The van der Waals surface area contributed by atoms with Gasteiger partial charge in [-0.15, -0.1) is 0 Å². The number of hydrogen-bond acceptors (Lipinski definition) is 4. The number of aromatic amines is 1. The Morgan fingerprint density at radius 2 is 2.29 bits per heavy atom. The van der Waals surface area contributed by atoms with Gasteiger partial charge in [0.15, 0.2) is 0 Å². The van der Waals surface area contributed by atoms with Crippen molar-refractivity contribution in [2.45, 2.75) is 38.4 Å². The fourth-order valence-corrected chi connectivity index (χ4v) is 2.86. The number of aryl methyl sites for hydroxylation is 1. The number of amides is 1. The van der Waals surface area contributed by atoms with Gasteiger partial charge in [0.25, 0.3) is 0 Å². The molecule has 1 aromatic carbocycles. The second kappa shape index (κ2) is 8.01. The third kappa shape index (κ3) is 4.38. The normalized spacial score (nSPS) is 17.9. The molecule has 1 saturated heterocycles. The predicted octanol–water partition coefficient (Wildman–Crippen LogP) is 2.08. The highest BCUT2D eigenvalue weighted by Crippen LogP contribution is 2.17. The number of H-pyrrole nitrogens is 1. The molecule has 128 valence electrons. The van der Waals surface area contributed by atoms with Crippen molar-refractivity contribution in [2.75, 3.05) is 13.1 Å². The first-order valence-corrected chi connectivity index (χ1v) is 8.19.